The van der Waals surface area contributed by atoms with E-state index in [2.05, 4.69) is 0 Å². The summed E-state index contributed by atoms with van der Waals surface area (Å²) in [7, 11) is 0. The molecular weight excluding hydrogens is 116 g/mol. The Hall–Kier alpha value is -1.05. The van der Waals surface area contributed by atoms with E-state index in [1.54, 1.807) is 6.92 Å². The highest BCUT2D eigenvalue weighted by atomic mass is 16.4. The summed E-state index contributed by atoms with van der Waals surface area (Å²) >= 11 is 0. The minimum absolute atomic E-state index is 0.259. The Balaban J connectivity index is 4.17. The molecule has 0 spiro atoms. The molecule has 0 rings (SSSR count). The average molecular weight is 125 g/mol. The predicted molar refractivity (Wildman–Crippen MR) is 34.9 cm³/mol. The lowest BCUT2D eigenvalue weighted by Crippen LogP contribution is -1.95. The first kappa shape index (κ1) is 7.95. The van der Waals surface area contributed by atoms with Crippen molar-refractivity contribution < 1.29 is 9.90 Å². The second kappa shape index (κ2) is 3.07. The maximum absolute atomic E-state index is 10.1. The molecule has 49 valence electrons. The van der Waals surface area contributed by atoms with Gasteiger partial charge in [0.2, 0.25) is 0 Å². The fourth-order valence-corrected chi connectivity index (χ4v) is 0.403. The van der Waals surface area contributed by atoms with Gasteiger partial charge in [0.05, 0.1) is 0 Å². The van der Waals surface area contributed by atoms with Crippen molar-refractivity contribution in [3.63, 3.8) is 0 Å². The van der Waals surface area contributed by atoms with E-state index < -0.39 is 5.97 Å². The highest BCUT2D eigenvalue weighted by molar-refractivity contribution is 5.86. The van der Waals surface area contributed by atoms with Gasteiger partial charge < -0.3 is 5.11 Å². The van der Waals surface area contributed by atoms with Crippen LogP contribution in [0.15, 0.2) is 17.2 Å². The van der Waals surface area contributed by atoms with Crippen LogP contribution < -0.4 is 0 Å². The molecule has 0 aliphatic heterocycles. The first-order valence-corrected chi connectivity index (χ1v) is 2.54. The standard InChI is InChI=1S/C7H9O2/c1-5(2)4-6(3)7(8)9/h1,4H,2-3H3,(H,8,9). The third kappa shape index (κ3) is 3.53. The van der Waals surface area contributed by atoms with E-state index in [-0.39, 0.29) is 5.57 Å². The van der Waals surface area contributed by atoms with Crippen molar-refractivity contribution in [3.8, 4) is 0 Å². The molecule has 0 atom stereocenters. The molecule has 2 nitrogen and oxygen atoms in total. The molecule has 9 heavy (non-hydrogen) atoms. The van der Waals surface area contributed by atoms with Crippen molar-refractivity contribution in [1.82, 2.24) is 0 Å². The maximum atomic E-state index is 10.1. The fourth-order valence-electron chi connectivity index (χ4n) is 0.403. The van der Waals surface area contributed by atoms with Crippen LogP contribution in [0.5, 0.6) is 0 Å². The number of allylic oxidation sites excluding steroid dienone is 2. The third-order valence-corrected chi connectivity index (χ3v) is 0.782. The molecule has 2 heteroatoms. The number of hydrogen-bond acceptors (Lipinski definition) is 1. The van der Waals surface area contributed by atoms with Crippen LogP contribution in [-0.2, 0) is 4.79 Å². The second-order valence-electron chi connectivity index (χ2n) is 1.88. The predicted octanol–water partition coefficient (Wildman–Crippen LogP) is 1.40. The van der Waals surface area contributed by atoms with Gasteiger partial charge in [-0.25, -0.2) is 4.79 Å². The molecule has 0 aromatic rings. The number of hydrogen-bond donors (Lipinski definition) is 1. The van der Waals surface area contributed by atoms with Gasteiger partial charge in [0.15, 0.2) is 0 Å². The molecule has 0 unspecified atom stereocenters. The summed E-state index contributed by atoms with van der Waals surface area (Å²) in [6.45, 7) is 8.35. The lowest BCUT2D eigenvalue weighted by molar-refractivity contribution is -0.132. The third-order valence-electron chi connectivity index (χ3n) is 0.782. The number of carboxylic acids is 1. The summed E-state index contributed by atoms with van der Waals surface area (Å²) in [5, 5.41) is 8.29. The normalized spacial score (nSPS) is 11.1. The van der Waals surface area contributed by atoms with Gasteiger partial charge in [0.25, 0.3) is 0 Å². The van der Waals surface area contributed by atoms with Crippen molar-refractivity contribution in [2.24, 2.45) is 0 Å². The minimum atomic E-state index is -0.931. The van der Waals surface area contributed by atoms with Gasteiger partial charge >= 0.3 is 5.97 Å². The largest absolute Gasteiger partial charge is 0.478 e. The zero-order valence-electron chi connectivity index (χ0n) is 5.51. The van der Waals surface area contributed by atoms with Crippen LogP contribution in [0.2, 0.25) is 0 Å². The van der Waals surface area contributed by atoms with Gasteiger partial charge in [-0.1, -0.05) is 12.2 Å². The van der Waals surface area contributed by atoms with Gasteiger partial charge in [0.1, 0.15) is 0 Å². The maximum Gasteiger partial charge on any atom is 0.331 e. The molecule has 0 aromatic carbocycles. The number of carbonyl (C=O) groups is 1. The Labute approximate surface area is 54.5 Å². The molecule has 0 heterocycles. The van der Waals surface area contributed by atoms with Crippen LogP contribution in [0.3, 0.4) is 0 Å². The minimum Gasteiger partial charge on any atom is -0.478 e. The van der Waals surface area contributed by atoms with E-state index in [0.29, 0.717) is 5.57 Å². The monoisotopic (exact) mass is 125 g/mol. The zero-order chi connectivity index (χ0) is 7.44. The molecule has 0 aliphatic rings. The summed E-state index contributed by atoms with van der Waals surface area (Å²) < 4.78 is 0. The van der Waals surface area contributed by atoms with E-state index in [4.69, 9.17) is 11.7 Å². The van der Waals surface area contributed by atoms with E-state index in [1.165, 1.54) is 13.0 Å². The van der Waals surface area contributed by atoms with E-state index >= 15 is 0 Å². The number of carboxylic acid groups (broad SMARTS) is 1. The van der Waals surface area contributed by atoms with Crippen molar-refractivity contribution in [1.29, 1.82) is 0 Å². The summed E-state index contributed by atoms with van der Waals surface area (Å²) in [5.74, 6) is -0.931. The summed E-state index contributed by atoms with van der Waals surface area (Å²) in [5.41, 5.74) is 0.768. The highest BCUT2D eigenvalue weighted by Crippen LogP contribution is 1.97. The summed E-state index contributed by atoms with van der Waals surface area (Å²) in [6.07, 6.45) is 1.42. The first-order valence-electron chi connectivity index (χ1n) is 2.54. The Morgan fingerprint density at radius 1 is 1.56 bits per heavy atom. The molecule has 0 bridgehead atoms. The van der Waals surface area contributed by atoms with Crippen LogP contribution in [0, 0.1) is 6.58 Å². The van der Waals surface area contributed by atoms with Crippen LogP contribution in [-0.4, -0.2) is 11.1 Å². The lowest BCUT2D eigenvalue weighted by Gasteiger charge is -1.89. The molecule has 1 N–H and O–H groups in total. The molecule has 0 aliphatic carbocycles. The quantitative estimate of drug-likeness (QED) is 0.447. The van der Waals surface area contributed by atoms with Gasteiger partial charge in [-0.2, -0.15) is 0 Å². The van der Waals surface area contributed by atoms with Crippen molar-refractivity contribution in [2.45, 2.75) is 13.8 Å². The first-order chi connectivity index (χ1) is 4.04. The van der Waals surface area contributed by atoms with E-state index in [1.807, 2.05) is 0 Å². The lowest BCUT2D eigenvalue weighted by atomic mass is 10.2. The number of rotatable bonds is 2. The van der Waals surface area contributed by atoms with Gasteiger partial charge in [-0.3, -0.25) is 0 Å². The topological polar surface area (TPSA) is 37.3 Å². The Kier molecular flexibility index (Phi) is 2.71. The molecule has 0 amide bonds. The van der Waals surface area contributed by atoms with Gasteiger partial charge in [0, 0.05) is 5.57 Å². The Bertz CT molecular complexity index is 166. The highest BCUT2D eigenvalue weighted by Gasteiger charge is 1.96. The molecule has 1 radical (unpaired) electrons. The van der Waals surface area contributed by atoms with Crippen LogP contribution in [0.4, 0.5) is 0 Å². The molecule has 0 aromatic heterocycles. The van der Waals surface area contributed by atoms with Crippen LogP contribution >= 0.6 is 0 Å². The van der Waals surface area contributed by atoms with Crippen LogP contribution in [0.25, 0.3) is 0 Å². The summed E-state index contributed by atoms with van der Waals surface area (Å²) in [6, 6.07) is 0. The smallest absolute Gasteiger partial charge is 0.331 e. The van der Waals surface area contributed by atoms with Gasteiger partial charge in [-0.15, -0.1) is 0 Å². The average Bonchev–Trinajstić information content (AvgIpc) is 1.63. The fraction of sp³-hybridized carbons (Fsp3) is 0.286. The Morgan fingerprint density at radius 2 is 2.00 bits per heavy atom. The SMILES string of the molecule is [CH]=C(C)C=C(C)C(=O)O. The van der Waals surface area contributed by atoms with E-state index in [0.717, 1.165) is 0 Å². The molecule has 0 saturated heterocycles. The van der Waals surface area contributed by atoms with Crippen molar-refractivity contribution in [3.05, 3.63) is 23.8 Å². The van der Waals surface area contributed by atoms with Crippen molar-refractivity contribution in [2.75, 3.05) is 0 Å². The summed E-state index contributed by atoms with van der Waals surface area (Å²) in [4.78, 5) is 10.1. The zero-order valence-corrected chi connectivity index (χ0v) is 5.51. The second-order valence-corrected chi connectivity index (χ2v) is 1.88. The van der Waals surface area contributed by atoms with Crippen molar-refractivity contribution >= 4 is 5.97 Å². The van der Waals surface area contributed by atoms with Gasteiger partial charge in [-0.05, 0) is 19.9 Å². The van der Waals surface area contributed by atoms with Crippen LogP contribution in [0.1, 0.15) is 13.8 Å². The molecule has 0 saturated carbocycles. The Morgan fingerprint density at radius 3 is 2.11 bits per heavy atom. The number of aliphatic carboxylic acids is 1. The molecular formula is C7H9O2. The molecule has 0 fully saturated rings. The van der Waals surface area contributed by atoms with E-state index in [9.17, 15) is 4.79 Å².